The van der Waals surface area contributed by atoms with Crippen LogP contribution in [0.1, 0.15) is 31.4 Å². The normalized spacial score (nSPS) is 14.8. The molecule has 1 nitrogen and oxygen atoms in total. The van der Waals surface area contributed by atoms with Gasteiger partial charge in [0.05, 0.1) is 0 Å². The minimum atomic E-state index is 0.589. The van der Waals surface area contributed by atoms with Gasteiger partial charge < -0.3 is 5.32 Å². The van der Waals surface area contributed by atoms with Crippen molar-refractivity contribution in [3.63, 3.8) is 0 Å². The summed E-state index contributed by atoms with van der Waals surface area (Å²) in [6, 6.07) is 7.32. The first kappa shape index (κ1) is 13.6. The van der Waals surface area contributed by atoms with E-state index in [1.807, 2.05) is 18.8 Å². The topological polar surface area (TPSA) is 12.0 Å². The molecule has 0 bridgehead atoms. The molecule has 1 aromatic rings. The highest BCUT2D eigenvalue weighted by Crippen LogP contribution is 2.27. The highest BCUT2D eigenvalue weighted by molar-refractivity contribution is 8.00. The van der Waals surface area contributed by atoms with Gasteiger partial charge in [-0.25, -0.2) is 0 Å². The van der Waals surface area contributed by atoms with Crippen LogP contribution >= 0.6 is 11.8 Å². The molecule has 0 aliphatic heterocycles. The molecule has 16 heavy (non-hydrogen) atoms. The molecule has 0 fully saturated rings. The van der Waals surface area contributed by atoms with E-state index in [0.29, 0.717) is 11.3 Å². The van der Waals surface area contributed by atoms with E-state index in [1.54, 1.807) is 0 Å². The summed E-state index contributed by atoms with van der Waals surface area (Å²) in [5.74, 6) is 0. The molecule has 2 atom stereocenters. The first-order chi connectivity index (χ1) is 7.58. The van der Waals surface area contributed by atoms with Crippen molar-refractivity contribution in [2.24, 2.45) is 0 Å². The third-order valence-corrected chi connectivity index (χ3v) is 4.40. The minimum absolute atomic E-state index is 0.589. The fourth-order valence-electron chi connectivity index (χ4n) is 1.85. The molecule has 0 saturated heterocycles. The van der Waals surface area contributed by atoms with Crippen molar-refractivity contribution in [1.82, 2.24) is 5.32 Å². The average molecular weight is 237 g/mol. The van der Waals surface area contributed by atoms with Gasteiger partial charge in [0.25, 0.3) is 0 Å². The van der Waals surface area contributed by atoms with Gasteiger partial charge in [0.1, 0.15) is 0 Å². The lowest BCUT2D eigenvalue weighted by atomic mass is 10.1. The molecule has 0 spiro atoms. The molecule has 0 saturated carbocycles. The van der Waals surface area contributed by atoms with Crippen LogP contribution in [0, 0.1) is 13.8 Å². The standard InChI is InChI=1S/C14H23NS/c1-6-14(15-5)12(4)16-13-8-7-10(2)11(3)9-13/h7-9,12,14-15H,6H2,1-5H3. The summed E-state index contributed by atoms with van der Waals surface area (Å²) >= 11 is 1.96. The van der Waals surface area contributed by atoms with E-state index >= 15 is 0 Å². The van der Waals surface area contributed by atoms with Crippen LogP contribution in [-0.4, -0.2) is 18.3 Å². The van der Waals surface area contributed by atoms with Crippen LogP contribution in [0.3, 0.4) is 0 Å². The summed E-state index contributed by atoms with van der Waals surface area (Å²) in [5.41, 5.74) is 2.76. The Balaban J connectivity index is 2.69. The maximum Gasteiger partial charge on any atom is 0.0219 e. The van der Waals surface area contributed by atoms with Gasteiger partial charge in [-0.3, -0.25) is 0 Å². The fourth-order valence-corrected chi connectivity index (χ4v) is 3.17. The zero-order valence-corrected chi connectivity index (χ0v) is 11.8. The lowest BCUT2D eigenvalue weighted by Gasteiger charge is -2.21. The zero-order chi connectivity index (χ0) is 12.1. The molecule has 1 aromatic carbocycles. The van der Waals surface area contributed by atoms with Crippen LogP contribution in [0.4, 0.5) is 0 Å². The number of rotatable bonds is 5. The van der Waals surface area contributed by atoms with Gasteiger partial charge in [0.2, 0.25) is 0 Å². The quantitative estimate of drug-likeness (QED) is 0.782. The van der Waals surface area contributed by atoms with Crippen LogP contribution in [0.15, 0.2) is 23.1 Å². The van der Waals surface area contributed by atoms with Gasteiger partial charge in [-0.2, -0.15) is 0 Å². The molecule has 0 aromatic heterocycles. The van der Waals surface area contributed by atoms with E-state index in [1.165, 1.54) is 22.4 Å². The third-order valence-electron chi connectivity index (χ3n) is 3.18. The summed E-state index contributed by atoms with van der Waals surface area (Å²) in [5, 5.41) is 3.99. The van der Waals surface area contributed by atoms with Crippen molar-refractivity contribution in [1.29, 1.82) is 0 Å². The smallest absolute Gasteiger partial charge is 0.0219 e. The predicted molar refractivity (Wildman–Crippen MR) is 74.4 cm³/mol. The molecular formula is C14H23NS. The number of benzene rings is 1. The number of hydrogen-bond donors (Lipinski definition) is 1. The Morgan fingerprint density at radius 3 is 2.44 bits per heavy atom. The van der Waals surface area contributed by atoms with Crippen LogP contribution < -0.4 is 5.32 Å². The van der Waals surface area contributed by atoms with Crippen LogP contribution in [0.5, 0.6) is 0 Å². The van der Waals surface area contributed by atoms with Gasteiger partial charge >= 0.3 is 0 Å². The van der Waals surface area contributed by atoms with Crippen LogP contribution in [0.25, 0.3) is 0 Å². The minimum Gasteiger partial charge on any atom is -0.316 e. The highest BCUT2D eigenvalue weighted by Gasteiger charge is 2.14. The number of hydrogen-bond acceptors (Lipinski definition) is 2. The Labute approximate surface area is 104 Å². The molecule has 0 heterocycles. The Morgan fingerprint density at radius 1 is 1.25 bits per heavy atom. The molecule has 0 radical (unpaired) electrons. The lowest BCUT2D eigenvalue weighted by Crippen LogP contribution is -2.33. The number of thioether (sulfide) groups is 1. The second kappa shape index (κ2) is 6.31. The van der Waals surface area contributed by atoms with Crippen molar-refractivity contribution < 1.29 is 0 Å². The van der Waals surface area contributed by atoms with Crippen molar-refractivity contribution in [3.8, 4) is 0 Å². The predicted octanol–water partition coefficient (Wildman–Crippen LogP) is 3.78. The van der Waals surface area contributed by atoms with E-state index in [-0.39, 0.29) is 0 Å². The van der Waals surface area contributed by atoms with E-state index in [2.05, 4.69) is 51.2 Å². The Bertz CT molecular complexity index is 332. The number of aryl methyl sites for hydroxylation is 2. The molecule has 0 amide bonds. The Morgan fingerprint density at radius 2 is 1.94 bits per heavy atom. The Kier molecular flexibility index (Phi) is 5.36. The maximum absolute atomic E-state index is 3.38. The van der Waals surface area contributed by atoms with Gasteiger partial charge in [0.15, 0.2) is 0 Å². The summed E-state index contributed by atoms with van der Waals surface area (Å²) < 4.78 is 0. The van der Waals surface area contributed by atoms with E-state index in [0.717, 1.165) is 0 Å². The van der Waals surface area contributed by atoms with Crippen molar-refractivity contribution in [3.05, 3.63) is 29.3 Å². The summed E-state index contributed by atoms with van der Waals surface area (Å²) in [6.07, 6.45) is 1.18. The molecule has 0 aliphatic rings. The van der Waals surface area contributed by atoms with Crippen LogP contribution in [0.2, 0.25) is 0 Å². The molecule has 2 unspecified atom stereocenters. The first-order valence-electron chi connectivity index (χ1n) is 5.99. The number of nitrogens with one attached hydrogen (secondary N) is 1. The summed E-state index contributed by atoms with van der Waals surface area (Å²) in [4.78, 5) is 1.38. The average Bonchev–Trinajstić information content (AvgIpc) is 2.25. The van der Waals surface area contributed by atoms with Crippen molar-refractivity contribution in [2.75, 3.05) is 7.05 Å². The van der Waals surface area contributed by atoms with Crippen LogP contribution in [-0.2, 0) is 0 Å². The van der Waals surface area contributed by atoms with Gasteiger partial charge in [-0.05, 0) is 50.6 Å². The maximum atomic E-state index is 3.38. The van der Waals surface area contributed by atoms with Gasteiger partial charge in [-0.1, -0.05) is 19.9 Å². The van der Waals surface area contributed by atoms with Gasteiger partial charge in [-0.15, -0.1) is 11.8 Å². The van der Waals surface area contributed by atoms with E-state index in [9.17, 15) is 0 Å². The second-order valence-corrected chi connectivity index (χ2v) is 5.82. The Hall–Kier alpha value is -0.470. The molecule has 1 rings (SSSR count). The monoisotopic (exact) mass is 237 g/mol. The largest absolute Gasteiger partial charge is 0.316 e. The molecule has 90 valence electrons. The summed E-state index contributed by atoms with van der Waals surface area (Å²) in [6.45, 7) is 8.87. The summed E-state index contributed by atoms with van der Waals surface area (Å²) in [7, 11) is 2.05. The lowest BCUT2D eigenvalue weighted by molar-refractivity contribution is 0.541. The third kappa shape index (κ3) is 3.53. The van der Waals surface area contributed by atoms with Crippen molar-refractivity contribution >= 4 is 11.8 Å². The highest BCUT2D eigenvalue weighted by atomic mass is 32.2. The molecule has 1 N–H and O–H groups in total. The SMILES string of the molecule is CCC(NC)C(C)Sc1ccc(C)c(C)c1. The zero-order valence-electron chi connectivity index (χ0n) is 11.0. The van der Waals surface area contributed by atoms with E-state index in [4.69, 9.17) is 0 Å². The molecular weight excluding hydrogens is 214 g/mol. The first-order valence-corrected chi connectivity index (χ1v) is 6.87. The molecule has 2 heteroatoms. The van der Waals surface area contributed by atoms with Crippen molar-refractivity contribution in [2.45, 2.75) is 50.3 Å². The van der Waals surface area contributed by atoms with Gasteiger partial charge in [0, 0.05) is 16.2 Å². The second-order valence-electron chi connectivity index (χ2n) is 4.37. The van der Waals surface area contributed by atoms with E-state index < -0.39 is 0 Å². The molecule has 0 aliphatic carbocycles. The fraction of sp³-hybridized carbons (Fsp3) is 0.571.